The van der Waals surface area contributed by atoms with Gasteiger partial charge in [-0.25, -0.2) is 4.39 Å². The van der Waals surface area contributed by atoms with Gasteiger partial charge in [0.05, 0.1) is 12.8 Å². The summed E-state index contributed by atoms with van der Waals surface area (Å²) in [5.41, 5.74) is 0.595. The molecule has 100 valence electrons. The molecule has 0 fully saturated rings. The van der Waals surface area contributed by atoms with E-state index < -0.39 is 0 Å². The Bertz CT molecular complexity index is 509. The Kier molecular flexibility index (Phi) is 4.69. The lowest BCUT2D eigenvalue weighted by molar-refractivity contribution is -0.116. The lowest BCUT2D eigenvalue weighted by Crippen LogP contribution is -2.21. The molecule has 2 N–H and O–H groups in total. The van der Waals surface area contributed by atoms with E-state index >= 15 is 0 Å². The van der Waals surface area contributed by atoms with Gasteiger partial charge in [-0.15, -0.1) is 0 Å². The topological polar surface area (TPSA) is 54.3 Å². The van der Waals surface area contributed by atoms with Crippen molar-refractivity contribution in [2.45, 2.75) is 13.0 Å². The Balaban J connectivity index is 1.65. The highest BCUT2D eigenvalue weighted by Gasteiger charge is 2.02. The molecule has 0 saturated carbocycles. The zero-order valence-corrected chi connectivity index (χ0v) is 10.4. The highest BCUT2D eigenvalue weighted by atomic mass is 19.1. The molecule has 0 atom stereocenters. The first-order valence-corrected chi connectivity index (χ1v) is 6.02. The van der Waals surface area contributed by atoms with E-state index in [4.69, 9.17) is 4.42 Å². The Morgan fingerprint density at radius 3 is 2.68 bits per heavy atom. The van der Waals surface area contributed by atoms with Crippen LogP contribution >= 0.6 is 0 Å². The van der Waals surface area contributed by atoms with Crippen LogP contribution in [-0.4, -0.2) is 12.5 Å². The molecule has 0 aliphatic heterocycles. The Hall–Kier alpha value is -2.14. The summed E-state index contributed by atoms with van der Waals surface area (Å²) in [5.74, 6) is 0.399. The summed E-state index contributed by atoms with van der Waals surface area (Å²) >= 11 is 0. The van der Waals surface area contributed by atoms with Gasteiger partial charge in [-0.1, -0.05) is 0 Å². The summed E-state index contributed by atoms with van der Waals surface area (Å²) in [6, 6.07) is 9.37. The second kappa shape index (κ2) is 6.70. The van der Waals surface area contributed by atoms with E-state index in [9.17, 15) is 9.18 Å². The third-order valence-electron chi connectivity index (χ3n) is 2.54. The van der Waals surface area contributed by atoms with Gasteiger partial charge >= 0.3 is 0 Å². The van der Waals surface area contributed by atoms with Gasteiger partial charge in [-0.05, 0) is 36.4 Å². The van der Waals surface area contributed by atoms with E-state index in [2.05, 4.69) is 10.6 Å². The molecule has 2 rings (SSSR count). The van der Waals surface area contributed by atoms with Crippen LogP contribution in [0.3, 0.4) is 0 Å². The summed E-state index contributed by atoms with van der Waals surface area (Å²) in [6.07, 6.45) is 1.95. The minimum atomic E-state index is -0.321. The van der Waals surface area contributed by atoms with Crippen molar-refractivity contribution in [3.63, 3.8) is 0 Å². The van der Waals surface area contributed by atoms with E-state index in [-0.39, 0.29) is 11.7 Å². The molecule has 19 heavy (non-hydrogen) atoms. The lowest BCUT2D eigenvalue weighted by atomic mass is 10.3. The maximum atomic E-state index is 12.7. The van der Waals surface area contributed by atoms with Crippen LogP contribution in [0.15, 0.2) is 47.1 Å². The van der Waals surface area contributed by atoms with Crippen molar-refractivity contribution in [3.05, 3.63) is 54.2 Å². The molecule has 0 unspecified atom stereocenters. The molecular weight excluding hydrogens is 247 g/mol. The highest BCUT2D eigenvalue weighted by molar-refractivity contribution is 5.90. The number of halogens is 1. The van der Waals surface area contributed by atoms with Crippen LogP contribution in [0.1, 0.15) is 12.2 Å². The Morgan fingerprint density at radius 1 is 1.21 bits per heavy atom. The number of rotatable bonds is 6. The van der Waals surface area contributed by atoms with E-state index in [1.807, 2.05) is 12.1 Å². The number of amides is 1. The maximum Gasteiger partial charge on any atom is 0.225 e. The smallest absolute Gasteiger partial charge is 0.225 e. The van der Waals surface area contributed by atoms with Crippen LogP contribution in [0, 0.1) is 5.82 Å². The van der Waals surface area contributed by atoms with Crippen molar-refractivity contribution in [3.8, 4) is 0 Å². The average Bonchev–Trinajstić information content (AvgIpc) is 2.91. The summed E-state index contributed by atoms with van der Waals surface area (Å²) in [5, 5.41) is 5.79. The van der Waals surface area contributed by atoms with Crippen molar-refractivity contribution >= 4 is 11.6 Å². The van der Waals surface area contributed by atoms with Crippen LogP contribution in [0.5, 0.6) is 0 Å². The molecule has 2 aromatic rings. The molecule has 0 aliphatic rings. The average molecular weight is 262 g/mol. The van der Waals surface area contributed by atoms with Gasteiger partial charge in [-0.2, -0.15) is 0 Å². The summed E-state index contributed by atoms with van der Waals surface area (Å²) in [7, 11) is 0. The zero-order valence-electron chi connectivity index (χ0n) is 10.4. The summed E-state index contributed by atoms with van der Waals surface area (Å²) < 4.78 is 17.8. The number of benzene rings is 1. The van der Waals surface area contributed by atoms with Gasteiger partial charge in [0.25, 0.3) is 0 Å². The Labute approximate surface area is 110 Å². The van der Waals surface area contributed by atoms with Gasteiger partial charge < -0.3 is 15.1 Å². The lowest BCUT2D eigenvalue weighted by Gasteiger charge is -2.05. The predicted octanol–water partition coefficient (Wildman–Crippen LogP) is 2.54. The van der Waals surface area contributed by atoms with Crippen molar-refractivity contribution in [2.24, 2.45) is 0 Å². The fraction of sp³-hybridized carbons (Fsp3) is 0.214. The first-order chi connectivity index (χ1) is 9.24. The van der Waals surface area contributed by atoms with Crippen molar-refractivity contribution in [1.82, 2.24) is 5.32 Å². The number of carbonyl (C=O) groups excluding carboxylic acids is 1. The molecule has 1 heterocycles. The third kappa shape index (κ3) is 4.56. The van der Waals surface area contributed by atoms with E-state index in [0.717, 1.165) is 5.76 Å². The number of furan rings is 1. The summed E-state index contributed by atoms with van der Waals surface area (Å²) in [4.78, 5) is 11.6. The molecule has 0 radical (unpaired) electrons. The zero-order chi connectivity index (χ0) is 13.5. The molecule has 0 saturated heterocycles. The second-order valence-electron chi connectivity index (χ2n) is 4.06. The van der Waals surface area contributed by atoms with Crippen molar-refractivity contribution < 1.29 is 13.6 Å². The van der Waals surface area contributed by atoms with Crippen LogP contribution in [0.2, 0.25) is 0 Å². The number of carbonyl (C=O) groups is 1. The van der Waals surface area contributed by atoms with E-state index in [0.29, 0.717) is 25.2 Å². The number of hydrogen-bond acceptors (Lipinski definition) is 3. The quantitative estimate of drug-likeness (QED) is 0.787. The standard InChI is InChI=1S/C14H15FN2O2/c15-11-3-5-12(6-4-11)17-14(18)7-8-16-10-13-2-1-9-19-13/h1-6,9,16H,7-8,10H2,(H,17,18). The molecule has 1 aromatic heterocycles. The fourth-order valence-corrected chi connectivity index (χ4v) is 1.58. The molecule has 0 aliphatic carbocycles. The van der Waals surface area contributed by atoms with Crippen LogP contribution in [-0.2, 0) is 11.3 Å². The monoisotopic (exact) mass is 262 g/mol. The summed E-state index contributed by atoms with van der Waals surface area (Å²) in [6.45, 7) is 1.14. The minimum Gasteiger partial charge on any atom is -0.468 e. The number of anilines is 1. The normalized spacial score (nSPS) is 10.4. The largest absolute Gasteiger partial charge is 0.468 e. The SMILES string of the molecule is O=C(CCNCc1ccco1)Nc1ccc(F)cc1. The van der Waals surface area contributed by atoms with Crippen molar-refractivity contribution in [2.75, 3.05) is 11.9 Å². The second-order valence-corrected chi connectivity index (χ2v) is 4.06. The maximum absolute atomic E-state index is 12.7. The van der Waals surface area contributed by atoms with Gasteiger partial charge in [0.2, 0.25) is 5.91 Å². The molecule has 1 aromatic carbocycles. The molecule has 4 nitrogen and oxygen atoms in total. The molecular formula is C14H15FN2O2. The first-order valence-electron chi connectivity index (χ1n) is 6.02. The first kappa shape index (κ1) is 13.3. The fourth-order valence-electron chi connectivity index (χ4n) is 1.58. The Morgan fingerprint density at radius 2 is 2.00 bits per heavy atom. The molecule has 1 amide bonds. The van der Waals surface area contributed by atoms with E-state index in [1.54, 1.807) is 6.26 Å². The van der Waals surface area contributed by atoms with Crippen LogP contribution < -0.4 is 10.6 Å². The number of nitrogens with one attached hydrogen (secondary N) is 2. The highest BCUT2D eigenvalue weighted by Crippen LogP contribution is 2.08. The number of hydrogen-bond donors (Lipinski definition) is 2. The molecule has 5 heteroatoms. The molecule has 0 spiro atoms. The molecule has 0 bridgehead atoms. The van der Waals surface area contributed by atoms with Crippen molar-refractivity contribution in [1.29, 1.82) is 0 Å². The van der Waals surface area contributed by atoms with Gasteiger partial charge in [0, 0.05) is 18.7 Å². The van der Waals surface area contributed by atoms with Gasteiger partial charge in [0.1, 0.15) is 11.6 Å². The van der Waals surface area contributed by atoms with E-state index in [1.165, 1.54) is 24.3 Å². The van der Waals surface area contributed by atoms with Gasteiger partial charge in [0.15, 0.2) is 0 Å². The predicted molar refractivity (Wildman–Crippen MR) is 70.1 cm³/mol. The third-order valence-corrected chi connectivity index (χ3v) is 2.54. The van der Waals surface area contributed by atoms with Crippen LogP contribution in [0.25, 0.3) is 0 Å². The van der Waals surface area contributed by atoms with Crippen LogP contribution in [0.4, 0.5) is 10.1 Å². The van der Waals surface area contributed by atoms with Gasteiger partial charge in [-0.3, -0.25) is 4.79 Å². The minimum absolute atomic E-state index is 0.112.